The number of rotatable bonds is 10. The van der Waals surface area contributed by atoms with Crippen LogP contribution in [0.1, 0.15) is 61.9 Å². The van der Waals surface area contributed by atoms with Gasteiger partial charge in [0, 0.05) is 5.56 Å². The van der Waals surface area contributed by atoms with Gasteiger partial charge in [0.1, 0.15) is 11.5 Å². The Hall–Kier alpha value is -3.13. The minimum atomic E-state index is -0.422. The average Bonchev–Trinajstić information content (AvgIpc) is 2.81. The van der Waals surface area contributed by atoms with Crippen LogP contribution in [0.2, 0.25) is 0 Å². The Morgan fingerprint density at radius 3 is 2.41 bits per heavy atom. The van der Waals surface area contributed by atoms with Crippen molar-refractivity contribution < 1.29 is 19.1 Å². The Morgan fingerprint density at radius 1 is 1.00 bits per heavy atom. The summed E-state index contributed by atoms with van der Waals surface area (Å²) in [7, 11) is 0. The monoisotopic (exact) mass is 457 g/mol. The van der Waals surface area contributed by atoms with E-state index in [0.717, 1.165) is 24.8 Å². The number of carbonyl (C=O) groups is 2. The van der Waals surface area contributed by atoms with E-state index in [4.69, 9.17) is 21.7 Å². The lowest BCUT2D eigenvalue weighted by Crippen LogP contribution is -2.49. The zero-order valence-corrected chi connectivity index (χ0v) is 19.6. The van der Waals surface area contributed by atoms with E-state index in [1.165, 1.54) is 0 Å². The van der Waals surface area contributed by atoms with Gasteiger partial charge in [0.2, 0.25) is 0 Å². The highest BCUT2D eigenvalue weighted by atomic mass is 32.1. The average molecular weight is 458 g/mol. The molecule has 3 N–H and O–H groups in total. The molecule has 2 amide bonds. The Morgan fingerprint density at radius 2 is 1.72 bits per heavy atom. The predicted molar refractivity (Wildman–Crippen MR) is 129 cm³/mol. The van der Waals surface area contributed by atoms with Crippen LogP contribution < -0.4 is 25.6 Å². The van der Waals surface area contributed by atoms with Crippen molar-refractivity contribution in [2.75, 3.05) is 13.2 Å². The van der Waals surface area contributed by atoms with Crippen LogP contribution in [0.4, 0.5) is 0 Å². The second-order valence-electron chi connectivity index (χ2n) is 7.32. The van der Waals surface area contributed by atoms with Crippen molar-refractivity contribution in [3.63, 3.8) is 0 Å². The van der Waals surface area contributed by atoms with Gasteiger partial charge in [0.05, 0.1) is 6.61 Å². The SMILES string of the molecule is CCCCOc1ccc(C(=O)NC(=S)NNC(=O)COc2ccccc2C(C)CC)cc1. The number of thiocarbonyl (C=S) groups is 1. The van der Waals surface area contributed by atoms with Crippen LogP contribution in [0.15, 0.2) is 48.5 Å². The van der Waals surface area contributed by atoms with Gasteiger partial charge in [-0.3, -0.25) is 25.8 Å². The third kappa shape index (κ3) is 8.19. The summed E-state index contributed by atoms with van der Waals surface area (Å²) in [5.41, 5.74) is 6.41. The number of nitrogens with one attached hydrogen (secondary N) is 3. The van der Waals surface area contributed by atoms with Crippen molar-refractivity contribution >= 4 is 29.1 Å². The first-order valence-electron chi connectivity index (χ1n) is 10.8. The van der Waals surface area contributed by atoms with Crippen molar-refractivity contribution in [1.29, 1.82) is 0 Å². The third-order valence-electron chi connectivity index (χ3n) is 4.85. The van der Waals surface area contributed by atoms with E-state index in [-0.39, 0.29) is 11.7 Å². The lowest BCUT2D eigenvalue weighted by Gasteiger charge is -2.16. The first-order valence-corrected chi connectivity index (χ1v) is 11.2. The van der Waals surface area contributed by atoms with E-state index in [9.17, 15) is 9.59 Å². The van der Waals surface area contributed by atoms with Gasteiger partial charge in [-0.2, -0.15) is 0 Å². The van der Waals surface area contributed by atoms with Gasteiger partial charge in [-0.05, 0) is 66.9 Å². The Balaban J connectivity index is 1.75. The maximum Gasteiger partial charge on any atom is 0.276 e. The molecule has 0 heterocycles. The second kappa shape index (κ2) is 13.3. The molecule has 0 radical (unpaired) electrons. The van der Waals surface area contributed by atoms with E-state index in [1.807, 2.05) is 24.3 Å². The highest BCUT2D eigenvalue weighted by Crippen LogP contribution is 2.28. The fourth-order valence-electron chi connectivity index (χ4n) is 2.79. The normalized spacial score (nSPS) is 11.2. The lowest BCUT2D eigenvalue weighted by atomic mass is 9.98. The molecule has 0 fully saturated rings. The van der Waals surface area contributed by atoms with Gasteiger partial charge in [-0.1, -0.05) is 45.4 Å². The number of hydrogen-bond acceptors (Lipinski definition) is 5. The van der Waals surface area contributed by atoms with Crippen LogP contribution in [0.3, 0.4) is 0 Å². The van der Waals surface area contributed by atoms with Crippen LogP contribution in [0.5, 0.6) is 11.5 Å². The number of ether oxygens (including phenoxy) is 2. The quantitative estimate of drug-likeness (QED) is 0.283. The molecule has 0 spiro atoms. The molecule has 7 nitrogen and oxygen atoms in total. The first kappa shape index (κ1) is 25.1. The summed E-state index contributed by atoms with van der Waals surface area (Å²) in [6.07, 6.45) is 3.00. The maximum atomic E-state index is 12.3. The number of amides is 2. The van der Waals surface area contributed by atoms with Crippen molar-refractivity contribution in [3.05, 3.63) is 59.7 Å². The molecule has 0 bridgehead atoms. The number of hydrogen-bond donors (Lipinski definition) is 3. The first-order chi connectivity index (χ1) is 15.4. The highest BCUT2D eigenvalue weighted by molar-refractivity contribution is 7.80. The smallest absolute Gasteiger partial charge is 0.276 e. The zero-order valence-electron chi connectivity index (χ0n) is 18.8. The van der Waals surface area contributed by atoms with Crippen molar-refractivity contribution in [2.45, 2.75) is 46.0 Å². The van der Waals surface area contributed by atoms with Crippen LogP contribution in [0, 0.1) is 0 Å². The van der Waals surface area contributed by atoms with Crippen LogP contribution in [0.25, 0.3) is 0 Å². The molecule has 1 atom stereocenters. The summed E-state index contributed by atoms with van der Waals surface area (Å²) < 4.78 is 11.2. The van der Waals surface area contributed by atoms with E-state index in [1.54, 1.807) is 24.3 Å². The molecule has 2 aromatic carbocycles. The fourth-order valence-corrected chi connectivity index (χ4v) is 2.93. The highest BCUT2D eigenvalue weighted by Gasteiger charge is 2.12. The second-order valence-corrected chi connectivity index (χ2v) is 7.73. The molecule has 1 unspecified atom stereocenters. The minimum absolute atomic E-state index is 0.0216. The van der Waals surface area contributed by atoms with Crippen LogP contribution in [-0.4, -0.2) is 30.1 Å². The number of hydrazine groups is 1. The number of benzene rings is 2. The van der Waals surface area contributed by atoms with Gasteiger partial charge in [0.25, 0.3) is 11.8 Å². The van der Waals surface area contributed by atoms with Crippen LogP contribution >= 0.6 is 12.2 Å². The minimum Gasteiger partial charge on any atom is -0.494 e. The van der Waals surface area contributed by atoms with Crippen molar-refractivity contribution in [2.24, 2.45) is 0 Å². The summed E-state index contributed by atoms with van der Waals surface area (Å²) in [5.74, 6) is 0.893. The molecule has 172 valence electrons. The summed E-state index contributed by atoms with van der Waals surface area (Å²) in [6, 6.07) is 14.4. The standard InChI is InChI=1S/C24H31N3O4S/c1-4-6-15-30-19-13-11-18(12-14-19)23(29)25-24(32)27-26-22(28)16-31-21-10-8-7-9-20(21)17(3)5-2/h7-14,17H,4-6,15-16H2,1-3H3,(H,26,28)(H2,25,27,29,32). The molecule has 0 aliphatic carbocycles. The maximum absolute atomic E-state index is 12.3. The molecular weight excluding hydrogens is 426 g/mol. The van der Waals surface area contributed by atoms with Gasteiger partial charge < -0.3 is 9.47 Å². The van der Waals surface area contributed by atoms with Gasteiger partial charge >= 0.3 is 0 Å². The van der Waals surface area contributed by atoms with E-state index in [0.29, 0.717) is 29.6 Å². The van der Waals surface area contributed by atoms with Gasteiger partial charge in [-0.15, -0.1) is 0 Å². The Bertz CT molecular complexity index is 902. The van der Waals surface area contributed by atoms with Crippen molar-refractivity contribution in [1.82, 2.24) is 16.2 Å². The summed E-state index contributed by atoms with van der Waals surface area (Å²) in [5, 5.41) is 2.49. The summed E-state index contributed by atoms with van der Waals surface area (Å²) in [6.45, 7) is 6.76. The molecule has 2 aromatic rings. The fraction of sp³-hybridized carbons (Fsp3) is 0.375. The molecule has 0 aliphatic heterocycles. The van der Waals surface area contributed by atoms with E-state index in [2.05, 4.69) is 36.9 Å². The molecule has 32 heavy (non-hydrogen) atoms. The molecular formula is C24H31N3O4S. The lowest BCUT2D eigenvalue weighted by molar-refractivity contribution is -0.123. The molecule has 8 heteroatoms. The molecule has 0 aliphatic rings. The number of para-hydroxylation sites is 1. The summed E-state index contributed by atoms with van der Waals surface area (Å²) in [4.78, 5) is 24.4. The number of carbonyl (C=O) groups excluding carboxylic acids is 2. The Kier molecular flexibility index (Phi) is 10.5. The largest absolute Gasteiger partial charge is 0.494 e. The Labute approximate surface area is 194 Å². The van der Waals surface area contributed by atoms with Gasteiger partial charge in [0.15, 0.2) is 11.7 Å². The van der Waals surface area contributed by atoms with Crippen molar-refractivity contribution in [3.8, 4) is 11.5 Å². The third-order valence-corrected chi connectivity index (χ3v) is 5.05. The molecule has 2 rings (SSSR count). The molecule has 0 saturated heterocycles. The van der Waals surface area contributed by atoms with Crippen LogP contribution in [-0.2, 0) is 4.79 Å². The van der Waals surface area contributed by atoms with E-state index < -0.39 is 11.8 Å². The topological polar surface area (TPSA) is 88.7 Å². The predicted octanol–water partition coefficient (Wildman–Crippen LogP) is 4.09. The molecule has 0 saturated carbocycles. The van der Waals surface area contributed by atoms with E-state index >= 15 is 0 Å². The molecule has 0 aromatic heterocycles. The zero-order chi connectivity index (χ0) is 23.3. The number of unbranched alkanes of at least 4 members (excludes halogenated alkanes) is 1. The van der Waals surface area contributed by atoms with Gasteiger partial charge in [-0.25, -0.2) is 0 Å². The summed E-state index contributed by atoms with van der Waals surface area (Å²) >= 11 is 5.07.